The van der Waals surface area contributed by atoms with E-state index in [1.54, 1.807) is 0 Å². The van der Waals surface area contributed by atoms with Gasteiger partial charge in [0, 0.05) is 0 Å². The van der Waals surface area contributed by atoms with E-state index in [1.807, 2.05) is 0 Å². The Labute approximate surface area is 79.4 Å². The smallest absolute Gasteiger partial charge is 0.0964 e. The molecule has 1 atom stereocenters. The number of aryl methyl sites for hydroxylation is 1. The van der Waals surface area contributed by atoms with E-state index in [0.717, 1.165) is 0 Å². The zero-order valence-electron chi connectivity index (χ0n) is 8.22. The normalized spacial score (nSPS) is 19.1. The molecule has 0 spiro atoms. The van der Waals surface area contributed by atoms with Gasteiger partial charge in [0.25, 0.3) is 0 Å². The monoisotopic (exact) mass is 176 g/mol. The summed E-state index contributed by atoms with van der Waals surface area (Å²) in [5.41, 5.74) is 3.85. The van der Waals surface area contributed by atoms with Crippen LogP contribution >= 0.6 is 0 Å². The van der Waals surface area contributed by atoms with Crippen LogP contribution in [0.15, 0.2) is 18.2 Å². The van der Waals surface area contributed by atoms with Crippen LogP contribution in [0.3, 0.4) is 0 Å². The first-order valence-corrected chi connectivity index (χ1v) is 4.94. The van der Waals surface area contributed by atoms with E-state index in [1.165, 1.54) is 29.8 Å². The number of hydrogen-bond acceptors (Lipinski definition) is 2. The minimum absolute atomic E-state index is 0.432. The average molecular weight is 176 g/mol. The molecule has 0 saturated carbocycles. The Kier molecular flexibility index (Phi) is 2.13. The fourth-order valence-corrected chi connectivity index (χ4v) is 1.81. The first-order valence-electron chi connectivity index (χ1n) is 4.94. The van der Waals surface area contributed by atoms with Gasteiger partial charge in [0.2, 0.25) is 0 Å². The van der Waals surface area contributed by atoms with Crippen molar-refractivity contribution in [3.8, 4) is 0 Å². The minimum Gasteiger partial charge on any atom is -0.364 e. The lowest BCUT2D eigenvalue weighted by Gasteiger charge is -2.10. The Bertz CT molecular complexity index is 307. The lowest BCUT2D eigenvalue weighted by molar-refractivity contribution is 0.717. The second-order valence-electron chi connectivity index (χ2n) is 3.63. The van der Waals surface area contributed by atoms with Crippen LogP contribution in [0.1, 0.15) is 25.3 Å². The molecule has 0 fully saturated rings. The number of fused-ring (bicyclic) bond motifs is 1. The van der Waals surface area contributed by atoms with E-state index >= 15 is 0 Å². The average Bonchev–Trinajstić information content (AvgIpc) is 2.49. The Morgan fingerprint density at radius 2 is 2.15 bits per heavy atom. The Morgan fingerprint density at radius 3 is 2.85 bits per heavy atom. The van der Waals surface area contributed by atoms with E-state index in [-0.39, 0.29) is 0 Å². The van der Waals surface area contributed by atoms with Gasteiger partial charge in [0.1, 0.15) is 0 Å². The van der Waals surface area contributed by atoms with Crippen LogP contribution < -0.4 is 10.6 Å². The largest absolute Gasteiger partial charge is 0.364 e. The van der Waals surface area contributed by atoms with Crippen molar-refractivity contribution in [2.24, 2.45) is 0 Å². The zero-order chi connectivity index (χ0) is 9.26. The summed E-state index contributed by atoms with van der Waals surface area (Å²) in [7, 11) is 0. The summed E-state index contributed by atoms with van der Waals surface area (Å²) in [6.45, 7) is 4.35. The first kappa shape index (κ1) is 8.42. The van der Waals surface area contributed by atoms with Crippen LogP contribution in [0.25, 0.3) is 0 Å². The van der Waals surface area contributed by atoms with Crippen molar-refractivity contribution in [3.05, 3.63) is 23.8 Å². The summed E-state index contributed by atoms with van der Waals surface area (Å²) in [5.74, 6) is 0. The molecule has 0 radical (unpaired) electrons. The van der Waals surface area contributed by atoms with Crippen LogP contribution in [-0.4, -0.2) is 6.17 Å². The predicted octanol–water partition coefficient (Wildman–Crippen LogP) is 2.96. The van der Waals surface area contributed by atoms with Gasteiger partial charge in [0.05, 0.1) is 17.5 Å². The molecule has 0 aromatic heterocycles. The van der Waals surface area contributed by atoms with Crippen LogP contribution in [0.4, 0.5) is 11.4 Å². The van der Waals surface area contributed by atoms with Crippen molar-refractivity contribution in [2.75, 3.05) is 10.6 Å². The minimum atomic E-state index is 0.432. The Morgan fingerprint density at radius 1 is 1.31 bits per heavy atom. The van der Waals surface area contributed by atoms with E-state index in [2.05, 4.69) is 42.7 Å². The van der Waals surface area contributed by atoms with Crippen molar-refractivity contribution in [2.45, 2.75) is 32.9 Å². The van der Waals surface area contributed by atoms with Gasteiger partial charge in [-0.15, -0.1) is 0 Å². The van der Waals surface area contributed by atoms with Crippen molar-refractivity contribution in [1.29, 1.82) is 0 Å². The topological polar surface area (TPSA) is 24.1 Å². The van der Waals surface area contributed by atoms with Gasteiger partial charge in [-0.1, -0.05) is 25.5 Å². The first-order chi connectivity index (χ1) is 6.31. The summed E-state index contributed by atoms with van der Waals surface area (Å²) in [4.78, 5) is 0. The SMILES string of the molecule is CCCC1Nc2cccc(C)c2N1. The van der Waals surface area contributed by atoms with Gasteiger partial charge in [-0.3, -0.25) is 0 Å². The number of anilines is 2. The van der Waals surface area contributed by atoms with Crippen LogP contribution in [0.2, 0.25) is 0 Å². The van der Waals surface area contributed by atoms with Crippen LogP contribution in [-0.2, 0) is 0 Å². The second-order valence-corrected chi connectivity index (χ2v) is 3.63. The molecule has 1 aliphatic heterocycles. The van der Waals surface area contributed by atoms with Crippen molar-refractivity contribution in [3.63, 3.8) is 0 Å². The Balaban J connectivity index is 2.20. The highest BCUT2D eigenvalue weighted by molar-refractivity contribution is 5.77. The lowest BCUT2D eigenvalue weighted by atomic mass is 10.2. The fraction of sp³-hybridized carbons (Fsp3) is 0.455. The summed E-state index contributed by atoms with van der Waals surface area (Å²) in [6, 6.07) is 6.37. The molecule has 1 aromatic carbocycles. The fourth-order valence-electron chi connectivity index (χ4n) is 1.81. The molecular formula is C11H16N2. The standard InChI is InChI=1S/C11H16N2/c1-3-5-10-12-9-7-4-6-8(2)11(9)13-10/h4,6-7,10,12-13H,3,5H2,1-2H3. The number of hydrogen-bond donors (Lipinski definition) is 2. The van der Waals surface area contributed by atoms with Gasteiger partial charge in [-0.2, -0.15) is 0 Å². The Hall–Kier alpha value is -1.18. The molecule has 0 bridgehead atoms. The van der Waals surface area contributed by atoms with Gasteiger partial charge < -0.3 is 10.6 Å². The third-order valence-corrected chi connectivity index (χ3v) is 2.50. The molecule has 0 amide bonds. The highest BCUT2D eigenvalue weighted by atomic mass is 15.2. The third kappa shape index (κ3) is 1.48. The number of rotatable bonds is 2. The zero-order valence-corrected chi connectivity index (χ0v) is 8.22. The van der Waals surface area contributed by atoms with E-state index in [0.29, 0.717) is 6.17 Å². The third-order valence-electron chi connectivity index (χ3n) is 2.50. The molecule has 2 heteroatoms. The molecule has 70 valence electrons. The molecule has 2 rings (SSSR count). The maximum Gasteiger partial charge on any atom is 0.0964 e. The lowest BCUT2D eigenvalue weighted by Crippen LogP contribution is -2.21. The van der Waals surface area contributed by atoms with E-state index < -0.39 is 0 Å². The molecule has 2 N–H and O–H groups in total. The molecular weight excluding hydrogens is 160 g/mol. The van der Waals surface area contributed by atoms with Gasteiger partial charge >= 0.3 is 0 Å². The summed E-state index contributed by atoms with van der Waals surface area (Å²) in [5, 5.41) is 6.96. The predicted molar refractivity (Wildman–Crippen MR) is 57.1 cm³/mol. The van der Waals surface area contributed by atoms with Crippen molar-refractivity contribution >= 4 is 11.4 Å². The molecule has 1 unspecified atom stereocenters. The highest BCUT2D eigenvalue weighted by Gasteiger charge is 2.18. The molecule has 2 nitrogen and oxygen atoms in total. The summed E-state index contributed by atoms with van der Waals surface area (Å²) in [6.07, 6.45) is 2.81. The maximum atomic E-state index is 3.49. The molecule has 0 aliphatic carbocycles. The van der Waals surface area contributed by atoms with Gasteiger partial charge in [-0.25, -0.2) is 0 Å². The van der Waals surface area contributed by atoms with Gasteiger partial charge in [-0.05, 0) is 25.0 Å². The van der Waals surface area contributed by atoms with Gasteiger partial charge in [0.15, 0.2) is 0 Å². The summed E-state index contributed by atoms with van der Waals surface area (Å²) < 4.78 is 0. The van der Waals surface area contributed by atoms with Crippen molar-refractivity contribution in [1.82, 2.24) is 0 Å². The molecule has 1 heterocycles. The van der Waals surface area contributed by atoms with Crippen LogP contribution in [0.5, 0.6) is 0 Å². The summed E-state index contributed by atoms with van der Waals surface area (Å²) >= 11 is 0. The molecule has 13 heavy (non-hydrogen) atoms. The molecule has 1 aliphatic rings. The quantitative estimate of drug-likeness (QED) is 0.724. The number of nitrogens with one attached hydrogen (secondary N) is 2. The number of para-hydroxylation sites is 1. The van der Waals surface area contributed by atoms with E-state index in [4.69, 9.17) is 0 Å². The highest BCUT2D eigenvalue weighted by Crippen LogP contribution is 2.32. The number of benzene rings is 1. The second kappa shape index (κ2) is 3.29. The molecule has 1 aromatic rings. The van der Waals surface area contributed by atoms with Crippen molar-refractivity contribution < 1.29 is 0 Å². The molecule has 0 saturated heterocycles. The van der Waals surface area contributed by atoms with E-state index in [9.17, 15) is 0 Å². The maximum absolute atomic E-state index is 3.49. The van der Waals surface area contributed by atoms with Crippen LogP contribution in [0, 0.1) is 6.92 Å².